The number of carbonyl (C=O) groups excluding carboxylic acids is 1. The quantitative estimate of drug-likeness (QED) is 0.396. The molecule has 174 valence electrons. The molecule has 8 nitrogen and oxygen atoms in total. The molecule has 0 spiro atoms. The standard InChI is InChI=1S/C25H31N5O3/c1-3-33-23(31)10-9-19-18(2)20(17-26)25-28-21-7-4-5-8-22(21)30(25)24(19)27-11-6-12-29-13-15-32-16-14-29/h4-5,7-8,27H,3,6,9-16H2,1-2H3. The van der Waals surface area contributed by atoms with E-state index in [2.05, 4.69) is 16.3 Å². The van der Waals surface area contributed by atoms with Crippen molar-refractivity contribution in [3.05, 3.63) is 41.0 Å². The molecule has 0 saturated carbocycles. The normalized spacial score (nSPS) is 14.5. The molecule has 0 amide bonds. The van der Waals surface area contributed by atoms with Crippen molar-refractivity contribution in [3.8, 4) is 6.07 Å². The Morgan fingerprint density at radius 3 is 2.85 bits per heavy atom. The number of rotatable bonds is 9. The Kier molecular flexibility index (Phi) is 7.43. The van der Waals surface area contributed by atoms with E-state index < -0.39 is 0 Å². The van der Waals surface area contributed by atoms with E-state index in [0.717, 1.165) is 73.8 Å². The molecule has 1 aliphatic rings. The van der Waals surface area contributed by atoms with Gasteiger partial charge in [-0.05, 0) is 56.5 Å². The number of hydrogen-bond donors (Lipinski definition) is 1. The van der Waals surface area contributed by atoms with E-state index in [0.29, 0.717) is 24.2 Å². The molecule has 2 aromatic heterocycles. The van der Waals surface area contributed by atoms with Crippen LogP contribution >= 0.6 is 0 Å². The molecule has 4 rings (SSSR count). The lowest BCUT2D eigenvalue weighted by atomic mass is 10.00. The number of aromatic nitrogens is 2. The number of imidazole rings is 1. The SMILES string of the molecule is CCOC(=O)CCc1c(C)c(C#N)c2nc3ccccc3n2c1NCCCN1CCOCC1. The third kappa shape index (κ3) is 4.95. The molecule has 0 atom stereocenters. The van der Waals surface area contributed by atoms with E-state index in [9.17, 15) is 10.1 Å². The number of ether oxygens (including phenoxy) is 2. The summed E-state index contributed by atoms with van der Waals surface area (Å²) in [5.74, 6) is 0.672. The average Bonchev–Trinajstić information content (AvgIpc) is 3.21. The van der Waals surface area contributed by atoms with Crippen molar-refractivity contribution in [2.24, 2.45) is 0 Å². The van der Waals surface area contributed by atoms with E-state index in [1.54, 1.807) is 0 Å². The summed E-state index contributed by atoms with van der Waals surface area (Å²) in [6.07, 6.45) is 1.73. The van der Waals surface area contributed by atoms with Crippen molar-refractivity contribution in [2.75, 3.05) is 51.3 Å². The smallest absolute Gasteiger partial charge is 0.306 e. The predicted molar refractivity (Wildman–Crippen MR) is 127 cm³/mol. The molecule has 0 unspecified atom stereocenters. The van der Waals surface area contributed by atoms with Crippen LogP contribution in [-0.4, -0.2) is 66.3 Å². The molecule has 1 aromatic carbocycles. The number of hydrogen-bond acceptors (Lipinski definition) is 7. The summed E-state index contributed by atoms with van der Waals surface area (Å²) in [4.78, 5) is 19.3. The summed E-state index contributed by atoms with van der Waals surface area (Å²) in [6, 6.07) is 10.2. The van der Waals surface area contributed by atoms with Crippen LogP contribution in [0.5, 0.6) is 0 Å². The number of nitriles is 1. The topological polar surface area (TPSA) is 91.9 Å². The summed E-state index contributed by atoms with van der Waals surface area (Å²) in [5, 5.41) is 13.6. The van der Waals surface area contributed by atoms with Crippen LogP contribution in [0.25, 0.3) is 16.7 Å². The van der Waals surface area contributed by atoms with Crippen LogP contribution in [-0.2, 0) is 20.7 Å². The number of benzene rings is 1. The van der Waals surface area contributed by atoms with Crippen LogP contribution in [0.4, 0.5) is 5.82 Å². The van der Waals surface area contributed by atoms with E-state index in [1.807, 2.05) is 42.5 Å². The lowest BCUT2D eigenvalue weighted by Gasteiger charge is -2.26. The van der Waals surface area contributed by atoms with Gasteiger partial charge in [-0.2, -0.15) is 5.26 Å². The minimum Gasteiger partial charge on any atom is -0.466 e. The van der Waals surface area contributed by atoms with Gasteiger partial charge in [0.2, 0.25) is 0 Å². The van der Waals surface area contributed by atoms with E-state index in [4.69, 9.17) is 14.5 Å². The van der Waals surface area contributed by atoms with Crippen molar-refractivity contribution in [1.29, 1.82) is 5.26 Å². The van der Waals surface area contributed by atoms with Crippen LogP contribution in [0.15, 0.2) is 24.3 Å². The first kappa shape index (κ1) is 23.0. The molecule has 1 N–H and O–H groups in total. The van der Waals surface area contributed by atoms with Gasteiger partial charge in [0.1, 0.15) is 11.9 Å². The molecule has 3 heterocycles. The lowest BCUT2D eigenvalue weighted by molar-refractivity contribution is -0.143. The largest absolute Gasteiger partial charge is 0.466 e. The second-order valence-corrected chi connectivity index (χ2v) is 8.24. The number of nitrogens with zero attached hydrogens (tertiary/aromatic N) is 4. The highest BCUT2D eigenvalue weighted by Gasteiger charge is 2.21. The van der Waals surface area contributed by atoms with E-state index in [-0.39, 0.29) is 12.4 Å². The second-order valence-electron chi connectivity index (χ2n) is 8.24. The highest BCUT2D eigenvalue weighted by Crippen LogP contribution is 2.32. The Bertz CT molecular complexity index is 1170. The minimum absolute atomic E-state index is 0.232. The fourth-order valence-electron chi connectivity index (χ4n) is 4.47. The molecule has 1 aliphatic heterocycles. The maximum Gasteiger partial charge on any atom is 0.306 e. The zero-order valence-electron chi connectivity index (χ0n) is 19.4. The van der Waals surface area contributed by atoms with Gasteiger partial charge >= 0.3 is 5.97 Å². The number of esters is 1. The van der Waals surface area contributed by atoms with Gasteiger partial charge in [-0.15, -0.1) is 0 Å². The van der Waals surface area contributed by atoms with Gasteiger partial charge in [0.05, 0.1) is 36.4 Å². The maximum atomic E-state index is 12.1. The third-order valence-corrected chi connectivity index (χ3v) is 6.17. The van der Waals surface area contributed by atoms with Gasteiger partial charge < -0.3 is 14.8 Å². The van der Waals surface area contributed by atoms with Gasteiger partial charge in [0, 0.05) is 26.1 Å². The summed E-state index contributed by atoms with van der Waals surface area (Å²) in [6.45, 7) is 9.41. The zero-order valence-corrected chi connectivity index (χ0v) is 19.4. The Labute approximate surface area is 194 Å². The molecule has 33 heavy (non-hydrogen) atoms. The number of carbonyl (C=O) groups is 1. The predicted octanol–water partition coefficient (Wildman–Crippen LogP) is 3.30. The minimum atomic E-state index is -0.232. The molecule has 0 aliphatic carbocycles. The van der Waals surface area contributed by atoms with Crippen LogP contribution in [0.1, 0.15) is 36.5 Å². The Morgan fingerprint density at radius 1 is 1.30 bits per heavy atom. The second kappa shape index (κ2) is 10.6. The van der Waals surface area contributed by atoms with Crippen molar-refractivity contribution in [2.45, 2.75) is 33.1 Å². The highest BCUT2D eigenvalue weighted by molar-refractivity contribution is 5.86. The highest BCUT2D eigenvalue weighted by atomic mass is 16.5. The molecule has 0 radical (unpaired) electrons. The first-order valence-electron chi connectivity index (χ1n) is 11.7. The molecular formula is C25H31N5O3. The fourth-order valence-corrected chi connectivity index (χ4v) is 4.47. The van der Waals surface area contributed by atoms with Gasteiger partial charge in [-0.3, -0.25) is 14.1 Å². The number of anilines is 1. The number of nitrogens with one attached hydrogen (secondary N) is 1. The van der Waals surface area contributed by atoms with Gasteiger partial charge in [0.15, 0.2) is 5.65 Å². The molecule has 3 aromatic rings. The number of fused-ring (bicyclic) bond motifs is 3. The summed E-state index contributed by atoms with van der Waals surface area (Å²) < 4.78 is 12.6. The van der Waals surface area contributed by atoms with Gasteiger partial charge in [-0.25, -0.2) is 4.98 Å². The van der Waals surface area contributed by atoms with E-state index in [1.165, 1.54) is 0 Å². The van der Waals surface area contributed by atoms with Crippen molar-refractivity contribution in [3.63, 3.8) is 0 Å². The molecule has 1 saturated heterocycles. The van der Waals surface area contributed by atoms with Crippen molar-refractivity contribution < 1.29 is 14.3 Å². The van der Waals surface area contributed by atoms with Gasteiger partial charge in [-0.1, -0.05) is 12.1 Å². The summed E-state index contributed by atoms with van der Waals surface area (Å²) in [7, 11) is 0. The molecular weight excluding hydrogens is 418 g/mol. The first-order valence-corrected chi connectivity index (χ1v) is 11.7. The van der Waals surface area contributed by atoms with Crippen LogP contribution in [0.3, 0.4) is 0 Å². The average molecular weight is 450 g/mol. The van der Waals surface area contributed by atoms with Gasteiger partial charge in [0.25, 0.3) is 0 Å². The monoisotopic (exact) mass is 449 g/mol. The number of morpholine rings is 1. The zero-order chi connectivity index (χ0) is 23.2. The van der Waals surface area contributed by atoms with Crippen LogP contribution in [0, 0.1) is 18.3 Å². The summed E-state index contributed by atoms with van der Waals surface area (Å²) in [5.41, 5.74) is 4.79. The Balaban J connectivity index is 1.69. The number of pyridine rings is 1. The lowest BCUT2D eigenvalue weighted by Crippen LogP contribution is -2.37. The van der Waals surface area contributed by atoms with Crippen LogP contribution in [0.2, 0.25) is 0 Å². The molecule has 0 bridgehead atoms. The Hall–Kier alpha value is -3.15. The summed E-state index contributed by atoms with van der Waals surface area (Å²) >= 11 is 0. The third-order valence-electron chi connectivity index (χ3n) is 6.17. The molecule has 8 heteroatoms. The molecule has 1 fully saturated rings. The van der Waals surface area contributed by atoms with Crippen LogP contribution < -0.4 is 5.32 Å². The van der Waals surface area contributed by atoms with Crippen molar-refractivity contribution >= 4 is 28.5 Å². The first-order chi connectivity index (χ1) is 16.1. The van der Waals surface area contributed by atoms with Crippen molar-refractivity contribution in [1.82, 2.24) is 14.3 Å². The number of para-hydroxylation sites is 2. The maximum absolute atomic E-state index is 12.1. The fraction of sp³-hybridized carbons (Fsp3) is 0.480. The Morgan fingerprint density at radius 2 is 2.09 bits per heavy atom. The van der Waals surface area contributed by atoms with E-state index >= 15 is 0 Å².